The lowest BCUT2D eigenvalue weighted by Gasteiger charge is -2.27. The van der Waals surface area contributed by atoms with Crippen LogP contribution >= 0.6 is 11.6 Å². The number of carbonyl (C=O) groups is 1. The topological polar surface area (TPSA) is 76.4 Å². The zero-order valence-corrected chi connectivity index (χ0v) is 21.2. The van der Waals surface area contributed by atoms with E-state index in [1.807, 2.05) is 55.8 Å². The van der Waals surface area contributed by atoms with Crippen LogP contribution in [-0.4, -0.2) is 55.5 Å². The van der Waals surface area contributed by atoms with Crippen LogP contribution in [0.25, 0.3) is 16.6 Å². The van der Waals surface area contributed by atoms with Gasteiger partial charge in [-0.25, -0.2) is 14.8 Å². The molecule has 0 atom stereocenters. The summed E-state index contributed by atoms with van der Waals surface area (Å²) in [7, 11) is 1.78. The molecule has 0 unspecified atom stereocenters. The molecular weight excluding hydrogens is 464 g/mol. The van der Waals surface area contributed by atoms with Gasteiger partial charge in [0.1, 0.15) is 17.9 Å². The van der Waals surface area contributed by atoms with Crippen molar-refractivity contribution in [2.24, 2.45) is 0 Å². The number of hydrogen-bond donors (Lipinski definition) is 0. The highest BCUT2D eigenvalue weighted by Crippen LogP contribution is 2.31. The van der Waals surface area contributed by atoms with Crippen molar-refractivity contribution in [3.8, 4) is 11.4 Å². The predicted octanol–water partition coefficient (Wildman–Crippen LogP) is 5.25. The highest BCUT2D eigenvalue weighted by Gasteiger charge is 2.18. The standard InChI is InChI=1S/C26H29ClN6O2/c1-5-32(6-2)26(34)31(4)15-19-13-29-14-22(27)21(19)16-35-24-9-7-8-20-23(33-11-10-28-17-33)12-18(3)30-25(20)24/h7-14,17H,5-6,15-16H2,1-4H3. The number of carbonyl (C=O) groups excluding carboxylic acids is 1. The molecule has 182 valence electrons. The van der Waals surface area contributed by atoms with Crippen LogP contribution in [-0.2, 0) is 13.2 Å². The Bertz CT molecular complexity index is 1320. The second-order valence-corrected chi connectivity index (χ2v) is 8.67. The Balaban J connectivity index is 1.62. The van der Waals surface area contributed by atoms with Crippen molar-refractivity contribution < 1.29 is 9.53 Å². The van der Waals surface area contributed by atoms with E-state index >= 15 is 0 Å². The Morgan fingerprint density at radius 3 is 2.69 bits per heavy atom. The normalized spacial score (nSPS) is 11.0. The Morgan fingerprint density at radius 2 is 1.97 bits per heavy atom. The van der Waals surface area contributed by atoms with E-state index in [2.05, 4.69) is 9.97 Å². The summed E-state index contributed by atoms with van der Waals surface area (Å²) < 4.78 is 8.23. The van der Waals surface area contributed by atoms with Crippen LogP contribution in [0.3, 0.4) is 0 Å². The Hall–Kier alpha value is -3.65. The molecule has 0 bridgehead atoms. The minimum atomic E-state index is -0.0393. The number of amides is 2. The summed E-state index contributed by atoms with van der Waals surface area (Å²) in [6.45, 7) is 7.78. The maximum atomic E-state index is 12.7. The van der Waals surface area contributed by atoms with Gasteiger partial charge >= 0.3 is 6.03 Å². The molecule has 4 aromatic rings. The first-order valence-electron chi connectivity index (χ1n) is 11.6. The van der Waals surface area contributed by atoms with Crippen LogP contribution in [0.5, 0.6) is 5.75 Å². The second-order valence-electron chi connectivity index (χ2n) is 8.26. The van der Waals surface area contributed by atoms with Gasteiger partial charge in [-0.1, -0.05) is 23.7 Å². The van der Waals surface area contributed by atoms with Crippen molar-refractivity contribution in [3.63, 3.8) is 0 Å². The lowest BCUT2D eigenvalue weighted by atomic mass is 10.1. The lowest BCUT2D eigenvalue weighted by Crippen LogP contribution is -2.40. The third-order valence-corrected chi connectivity index (χ3v) is 6.25. The van der Waals surface area contributed by atoms with Gasteiger partial charge in [0.2, 0.25) is 0 Å². The minimum Gasteiger partial charge on any atom is -0.487 e. The molecule has 35 heavy (non-hydrogen) atoms. The van der Waals surface area contributed by atoms with E-state index in [-0.39, 0.29) is 12.6 Å². The molecule has 0 aliphatic rings. The van der Waals surface area contributed by atoms with Crippen LogP contribution in [0.1, 0.15) is 30.7 Å². The third kappa shape index (κ3) is 5.22. The summed E-state index contributed by atoms with van der Waals surface area (Å²) in [6.07, 6.45) is 8.75. The molecule has 0 aliphatic carbocycles. The van der Waals surface area contributed by atoms with Gasteiger partial charge < -0.3 is 19.1 Å². The van der Waals surface area contributed by atoms with E-state index in [0.29, 0.717) is 30.4 Å². The third-order valence-electron chi connectivity index (χ3n) is 5.93. The predicted molar refractivity (Wildman–Crippen MR) is 137 cm³/mol. The first kappa shape index (κ1) is 24.5. The number of urea groups is 1. The summed E-state index contributed by atoms with van der Waals surface area (Å²) in [4.78, 5) is 29.3. The van der Waals surface area contributed by atoms with Gasteiger partial charge in [-0.3, -0.25) is 4.98 Å². The number of rotatable bonds is 8. The molecule has 1 aromatic carbocycles. The molecule has 9 heteroatoms. The number of fused-ring (bicyclic) bond motifs is 1. The first-order chi connectivity index (χ1) is 16.9. The molecule has 0 fully saturated rings. The van der Waals surface area contributed by atoms with Gasteiger partial charge in [-0.2, -0.15) is 0 Å². The van der Waals surface area contributed by atoms with E-state index in [9.17, 15) is 4.79 Å². The molecule has 0 saturated carbocycles. The fourth-order valence-corrected chi connectivity index (χ4v) is 4.30. The van der Waals surface area contributed by atoms with Crippen LogP contribution in [0.2, 0.25) is 5.02 Å². The van der Waals surface area contributed by atoms with Crippen molar-refractivity contribution in [1.29, 1.82) is 0 Å². The SMILES string of the molecule is CCN(CC)C(=O)N(C)Cc1cncc(Cl)c1COc1cccc2c(-n3ccnc3)cc(C)nc12. The quantitative estimate of drug-likeness (QED) is 0.336. The van der Waals surface area contributed by atoms with Crippen LogP contribution in [0.4, 0.5) is 4.79 Å². The van der Waals surface area contributed by atoms with Crippen molar-refractivity contribution in [3.05, 3.63) is 77.2 Å². The van der Waals surface area contributed by atoms with Crippen LogP contribution in [0, 0.1) is 6.92 Å². The van der Waals surface area contributed by atoms with Crippen molar-refractivity contribution >= 4 is 28.5 Å². The highest BCUT2D eigenvalue weighted by atomic mass is 35.5. The molecule has 3 aromatic heterocycles. The molecule has 0 radical (unpaired) electrons. The van der Waals surface area contributed by atoms with E-state index in [4.69, 9.17) is 21.3 Å². The number of ether oxygens (including phenoxy) is 1. The average Bonchev–Trinajstić information content (AvgIpc) is 3.39. The zero-order valence-electron chi connectivity index (χ0n) is 20.4. The number of para-hydroxylation sites is 1. The van der Waals surface area contributed by atoms with Gasteiger partial charge in [-0.15, -0.1) is 0 Å². The number of aromatic nitrogens is 4. The fraction of sp³-hybridized carbons (Fsp3) is 0.308. The van der Waals surface area contributed by atoms with Crippen molar-refractivity contribution in [2.45, 2.75) is 33.9 Å². The van der Waals surface area contributed by atoms with E-state index in [0.717, 1.165) is 33.4 Å². The number of pyridine rings is 2. The molecule has 8 nitrogen and oxygen atoms in total. The maximum Gasteiger partial charge on any atom is 0.320 e. The van der Waals surface area contributed by atoms with Gasteiger partial charge in [0.05, 0.1) is 17.0 Å². The first-order valence-corrected chi connectivity index (χ1v) is 11.9. The molecular formula is C26H29ClN6O2. The van der Waals surface area contributed by atoms with E-state index in [1.165, 1.54) is 0 Å². The van der Waals surface area contributed by atoms with Gasteiger partial charge in [0.15, 0.2) is 0 Å². The Morgan fingerprint density at radius 1 is 1.17 bits per heavy atom. The van der Waals surface area contributed by atoms with Crippen LogP contribution < -0.4 is 4.74 Å². The van der Waals surface area contributed by atoms with Gasteiger partial charge in [0.25, 0.3) is 0 Å². The number of hydrogen-bond acceptors (Lipinski definition) is 5. The van der Waals surface area contributed by atoms with Crippen LogP contribution in [0.15, 0.2) is 55.4 Å². The number of imidazole rings is 1. The van der Waals surface area contributed by atoms with E-state index in [1.54, 1.807) is 41.8 Å². The number of aryl methyl sites for hydroxylation is 1. The fourth-order valence-electron chi connectivity index (χ4n) is 4.07. The smallest absolute Gasteiger partial charge is 0.320 e. The summed E-state index contributed by atoms with van der Waals surface area (Å²) in [6, 6.07) is 7.84. The van der Waals surface area contributed by atoms with Gasteiger partial charge in [0, 0.05) is 68.1 Å². The zero-order chi connectivity index (χ0) is 24.9. The van der Waals surface area contributed by atoms with Crippen molar-refractivity contribution in [1.82, 2.24) is 29.3 Å². The monoisotopic (exact) mass is 492 g/mol. The summed E-state index contributed by atoms with van der Waals surface area (Å²) in [5.74, 6) is 0.652. The average molecular weight is 493 g/mol. The molecule has 2 amide bonds. The lowest BCUT2D eigenvalue weighted by molar-refractivity contribution is 0.165. The Labute approximate surface area is 210 Å². The molecule has 4 rings (SSSR count). The number of benzene rings is 1. The largest absolute Gasteiger partial charge is 0.487 e. The Kier molecular flexibility index (Phi) is 7.51. The highest BCUT2D eigenvalue weighted by molar-refractivity contribution is 6.31. The molecule has 3 heterocycles. The molecule has 0 aliphatic heterocycles. The second kappa shape index (κ2) is 10.7. The van der Waals surface area contributed by atoms with E-state index < -0.39 is 0 Å². The summed E-state index contributed by atoms with van der Waals surface area (Å²) >= 11 is 6.53. The number of nitrogens with zero attached hydrogens (tertiary/aromatic N) is 6. The molecule has 0 saturated heterocycles. The minimum absolute atomic E-state index is 0.0393. The summed E-state index contributed by atoms with van der Waals surface area (Å²) in [5, 5.41) is 1.45. The number of halogens is 1. The molecule has 0 spiro atoms. The van der Waals surface area contributed by atoms with Crippen molar-refractivity contribution in [2.75, 3.05) is 20.1 Å². The molecule has 0 N–H and O–H groups in total. The van der Waals surface area contributed by atoms with Gasteiger partial charge in [-0.05, 0) is 38.5 Å². The maximum absolute atomic E-state index is 12.7. The summed E-state index contributed by atoms with van der Waals surface area (Å²) in [5.41, 5.74) is 4.24.